The summed E-state index contributed by atoms with van der Waals surface area (Å²) < 4.78 is 5.65. The van der Waals surface area contributed by atoms with Crippen LogP contribution in [0, 0.1) is 5.92 Å². The first-order valence-electron chi connectivity index (χ1n) is 8.55. The van der Waals surface area contributed by atoms with Crippen molar-refractivity contribution in [1.82, 2.24) is 10.3 Å². The summed E-state index contributed by atoms with van der Waals surface area (Å²) >= 11 is 0. The van der Waals surface area contributed by atoms with Gasteiger partial charge in [0.1, 0.15) is 12.4 Å². The third-order valence-electron chi connectivity index (χ3n) is 4.51. The molecule has 0 aliphatic rings. The number of hydrogen-bond donors (Lipinski definition) is 2. The maximum Gasteiger partial charge on any atom is 0.251 e. The van der Waals surface area contributed by atoms with E-state index in [9.17, 15) is 9.90 Å². The normalized spacial score (nSPS) is 14.4. The summed E-state index contributed by atoms with van der Waals surface area (Å²) in [6, 6.07) is 12.6. The second-order valence-corrected chi connectivity index (χ2v) is 6.48. The Bertz CT molecular complexity index is 669. The van der Waals surface area contributed by atoms with Crippen molar-refractivity contribution in [1.29, 1.82) is 0 Å². The van der Waals surface area contributed by atoms with Gasteiger partial charge in [0.25, 0.3) is 5.91 Å². The second-order valence-electron chi connectivity index (χ2n) is 6.48. The molecule has 0 radical (unpaired) electrons. The van der Waals surface area contributed by atoms with Gasteiger partial charge in [0.2, 0.25) is 0 Å². The van der Waals surface area contributed by atoms with E-state index in [0.717, 1.165) is 12.1 Å². The van der Waals surface area contributed by atoms with E-state index in [-0.39, 0.29) is 18.4 Å². The molecule has 0 spiro atoms. The van der Waals surface area contributed by atoms with Crippen molar-refractivity contribution in [2.75, 3.05) is 6.54 Å². The molecule has 2 rings (SSSR count). The van der Waals surface area contributed by atoms with Crippen molar-refractivity contribution >= 4 is 5.91 Å². The quantitative estimate of drug-likeness (QED) is 0.773. The van der Waals surface area contributed by atoms with Gasteiger partial charge in [-0.15, -0.1) is 0 Å². The van der Waals surface area contributed by atoms with Gasteiger partial charge in [-0.2, -0.15) is 0 Å². The highest BCUT2D eigenvalue weighted by molar-refractivity contribution is 5.94. The Morgan fingerprint density at radius 3 is 2.60 bits per heavy atom. The second kappa shape index (κ2) is 8.62. The molecule has 134 valence electrons. The van der Waals surface area contributed by atoms with Crippen LogP contribution in [0.3, 0.4) is 0 Å². The molecule has 1 amide bonds. The molecule has 5 heteroatoms. The molecule has 2 N–H and O–H groups in total. The number of rotatable bonds is 8. The SMILES string of the molecule is CCC(C)C(C)(O)CNC(=O)c1ccc(OCc2ccccn2)cc1. The fourth-order valence-electron chi connectivity index (χ4n) is 2.32. The molecule has 2 atom stereocenters. The molecule has 25 heavy (non-hydrogen) atoms. The predicted octanol–water partition coefficient (Wildman–Crippen LogP) is 3.19. The number of aromatic nitrogens is 1. The summed E-state index contributed by atoms with van der Waals surface area (Å²) in [6.07, 6.45) is 2.58. The Labute approximate surface area is 149 Å². The Balaban J connectivity index is 1.87. The number of nitrogens with zero attached hydrogens (tertiary/aromatic N) is 1. The van der Waals surface area contributed by atoms with Crippen LogP contribution in [0.1, 0.15) is 43.2 Å². The number of pyridine rings is 1. The first-order valence-corrected chi connectivity index (χ1v) is 8.55. The van der Waals surface area contributed by atoms with Crippen LogP contribution in [-0.2, 0) is 6.61 Å². The molecular weight excluding hydrogens is 316 g/mol. The summed E-state index contributed by atoms with van der Waals surface area (Å²) in [6.45, 7) is 6.34. The minimum absolute atomic E-state index is 0.107. The lowest BCUT2D eigenvalue weighted by Gasteiger charge is -2.29. The van der Waals surface area contributed by atoms with Gasteiger partial charge in [0.05, 0.1) is 11.3 Å². The van der Waals surface area contributed by atoms with E-state index in [0.29, 0.717) is 17.9 Å². The highest BCUT2D eigenvalue weighted by Crippen LogP contribution is 2.19. The van der Waals surface area contributed by atoms with Crippen molar-refractivity contribution in [3.63, 3.8) is 0 Å². The minimum atomic E-state index is -0.920. The van der Waals surface area contributed by atoms with Crippen LogP contribution < -0.4 is 10.1 Å². The topological polar surface area (TPSA) is 71.5 Å². The minimum Gasteiger partial charge on any atom is -0.487 e. The van der Waals surface area contributed by atoms with Gasteiger partial charge >= 0.3 is 0 Å². The standard InChI is InChI=1S/C20H26N2O3/c1-4-15(2)20(3,24)14-22-19(23)16-8-10-18(11-9-16)25-13-17-7-5-6-12-21-17/h5-12,15,24H,4,13-14H2,1-3H3,(H,22,23). The van der Waals surface area contributed by atoms with Crippen LogP contribution in [0.4, 0.5) is 0 Å². The van der Waals surface area contributed by atoms with Gasteiger partial charge < -0.3 is 15.2 Å². The molecule has 1 heterocycles. The van der Waals surface area contributed by atoms with Gasteiger partial charge in [-0.05, 0) is 49.2 Å². The Morgan fingerprint density at radius 2 is 2.00 bits per heavy atom. The van der Waals surface area contributed by atoms with Crippen molar-refractivity contribution in [3.8, 4) is 5.75 Å². The highest BCUT2D eigenvalue weighted by Gasteiger charge is 2.27. The summed E-state index contributed by atoms with van der Waals surface area (Å²) in [4.78, 5) is 16.4. The molecule has 0 aliphatic heterocycles. The number of carbonyl (C=O) groups excluding carboxylic acids is 1. The number of aliphatic hydroxyl groups is 1. The van der Waals surface area contributed by atoms with Crippen LogP contribution in [0.25, 0.3) is 0 Å². The van der Waals surface area contributed by atoms with Crippen LogP contribution in [-0.4, -0.2) is 28.1 Å². The zero-order valence-corrected chi connectivity index (χ0v) is 15.0. The lowest BCUT2D eigenvalue weighted by molar-refractivity contribution is 0.00592. The zero-order valence-electron chi connectivity index (χ0n) is 15.0. The zero-order chi connectivity index (χ0) is 18.3. The molecule has 0 aliphatic carbocycles. The van der Waals surface area contributed by atoms with E-state index in [2.05, 4.69) is 10.3 Å². The molecular formula is C20H26N2O3. The first-order chi connectivity index (χ1) is 11.9. The maximum atomic E-state index is 12.2. The van der Waals surface area contributed by atoms with Crippen molar-refractivity contribution < 1.29 is 14.6 Å². The molecule has 0 saturated heterocycles. The summed E-state index contributed by atoms with van der Waals surface area (Å²) in [5.41, 5.74) is 0.456. The summed E-state index contributed by atoms with van der Waals surface area (Å²) in [7, 11) is 0. The van der Waals surface area contributed by atoms with Gasteiger partial charge in [-0.1, -0.05) is 26.3 Å². The molecule has 0 bridgehead atoms. The van der Waals surface area contributed by atoms with Gasteiger partial charge in [-0.25, -0.2) is 0 Å². The lowest BCUT2D eigenvalue weighted by Crippen LogP contribution is -2.45. The van der Waals surface area contributed by atoms with E-state index in [1.54, 1.807) is 37.4 Å². The monoisotopic (exact) mass is 342 g/mol. The third kappa shape index (κ3) is 5.57. The van der Waals surface area contributed by atoms with Crippen LogP contribution in [0.5, 0.6) is 5.75 Å². The largest absolute Gasteiger partial charge is 0.487 e. The van der Waals surface area contributed by atoms with Crippen molar-refractivity contribution in [3.05, 3.63) is 59.9 Å². The van der Waals surface area contributed by atoms with Gasteiger partial charge in [0, 0.05) is 18.3 Å². The number of nitrogens with one attached hydrogen (secondary N) is 1. The van der Waals surface area contributed by atoms with Crippen molar-refractivity contribution in [2.45, 2.75) is 39.4 Å². The average molecular weight is 342 g/mol. The van der Waals surface area contributed by atoms with E-state index in [4.69, 9.17) is 4.74 Å². The fraction of sp³-hybridized carbons (Fsp3) is 0.400. The number of hydrogen-bond acceptors (Lipinski definition) is 4. The number of ether oxygens (including phenoxy) is 1. The van der Waals surface area contributed by atoms with E-state index < -0.39 is 5.60 Å². The first kappa shape index (κ1) is 18.9. The summed E-state index contributed by atoms with van der Waals surface area (Å²) in [5.74, 6) is 0.573. The Morgan fingerprint density at radius 1 is 1.28 bits per heavy atom. The van der Waals surface area contributed by atoms with E-state index in [1.165, 1.54) is 0 Å². The molecule has 1 aromatic heterocycles. The molecule has 0 fully saturated rings. The highest BCUT2D eigenvalue weighted by atomic mass is 16.5. The molecule has 2 aromatic rings. The van der Waals surface area contributed by atoms with Crippen LogP contribution in [0.15, 0.2) is 48.7 Å². The van der Waals surface area contributed by atoms with Gasteiger partial charge in [-0.3, -0.25) is 9.78 Å². The molecule has 0 saturated carbocycles. The molecule has 1 aromatic carbocycles. The molecule has 2 unspecified atom stereocenters. The van der Waals surface area contributed by atoms with Crippen LogP contribution >= 0.6 is 0 Å². The van der Waals surface area contributed by atoms with Gasteiger partial charge in [0.15, 0.2) is 0 Å². The smallest absolute Gasteiger partial charge is 0.251 e. The Hall–Kier alpha value is -2.40. The third-order valence-corrected chi connectivity index (χ3v) is 4.51. The number of carbonyl (C=O) groups is 1. The van der Waals surface area contributed by atoms with Crippen molar-refractivity contribution in [2.24, 2.45) is 5.92 Å². The average Bonchev–Trinajstić information content (AvgIpc) is 2.65. The van der Waals surface area contributed by atoms with E-state index in [1.807, 2.05) is 32.0 Å². The number of benzene rings is 1. The molecule has 5 nitrogen and oxygen atoms in total. The fourth-order valence-corrected chi connectivity index (χ4v) is 2.32. The predicted molar refractivity (Wildman–Crippen MR) is 97.4 cm³/mol. The van der Waals surface area contributed by atoms with Crippen LogP contribution in [0.2, 0.25) is 0 Å². The lowest BCUT2D eigenvalue weighted by atomic mass is 9.88. The summed E-state index contributed by atoms with van der Waals surface area (Å²) in [5, 5.41) is 13.2. The van der Waals surface area contributed by atoms with E-state index >= 15 is 0 Å². The maximum absolute atomic E-state index is 12.2. The Kier molecular flexibility index (Phi) is 6.53. The number of amides is 1.